The summed E-state index contributed by atoms with van der Waals surface area (Å²) >= 11 is 0. The van der Waals surface area contributed by atoms with Gasteiger partial charge in [-0.2, -0.15) is 5.10 Å². The van der Waals surface area contributed by atoms with Gasteiger partial charge in [-0.05, 0) is 38.2 Å². The minimum Gasteiger partial charge on any atom is -0.367 e. The first-order valence-corrected chi connectivity index (χ1v) is 8.67. The molecule has 0 aliphatic carbocycles. The molecule has 23 heavy (non-hydrogen) atoms. The summed E-state index contributed by atoms with van der Waals surface area (Å²) in [6.45, 7) is 4.41. The lowest BCUT2D eigenvalue weighted by Gasteiger charge is -2.32. The Kier molecular flexibility index (Phi) is 4.24. The molecule has 0 atom stereocenters. The number of rotatable bonds is 4. The fourth-order valence-corrected chi connectivity index (χ4v) is 3.68. The van der Waals surface area contributed by atoms with Crippen molar-refractivity contribution in [3.63, 3.8) is 0 Å². The van der Waals surface area contributed by atoms with Gasteiger partial charge in [-0.3, -0.25) is 9.58 Å². The van der Waals surface area contributed by atoms with E-state index in [0.29, 0.717) is 6.04 Å². The van der Waals surface area contributed by atoms with Gasteiger partial charge in [0.1, 0.15) is 12.1 Å². The van der Waals surface area contributed by atoms with Crippen molar-refractivity contribution >= 4 is 5.82 Å². The summed E-state index contributed by atoms with van der Waals surface area (Å²) in [6, 6.07) is 2.45. The van der Waals surface area contributed by atoms with Crippen molar-refractivity contribution in [3.05, 3.63) is 36.0 Å². The minimum absolute atomic E-state index is 0.516. The molecular weight excluding hydrogens is 288 g/mol. The van der Waals surface area contributed by atoms with Crippen molar-refractivity contribution in [2.24, 2.45) is 0 Å². The van der Waals surface area contributed by atoms with Gasteiger partial charge in [0.25, 0.3) is 0 Å². The van der Waals surface area contributed by atoms with E-state index < -0.39 is 0 Å². The molecule has 0 spiro atoms. The molecule has 4 heterocycles. The highest BCUT2D eigenvalue weighted by molar-refractivity contribution is 5.33. The SMILES string of the molecule is c1cc(NC2CCN(Cc3cnn4c3CCCC4)CC2)ncn1. The molecule has 6 heteroatoms. The molecule has 2 aromatic heterocycles. The Morgan fingerprint density at radius 2 is 2.09 bits per heavy atom. The van der Waals surface area contributed by atoms with Gasteiger partial charge >= 0.3 is 0 Å². The molecule has 0 aromatic carbocycles. The number of likely N-dealkylation sites (tertiary alicyclic amines) is 1. The summed E-state index contributed by atoms with van der Waals surface area (Å²) in [5, 5.41) is 8.07. The number of fused-ring (bicyclic) bond motifs is 1. The second kappa shape index (κ2) is 6.66. The average molecular weight is 312 g/mol. The second-order valence-electron chi connectivity index (χ2n) is 6.59. The second-order valence-corrected chi connectivity index (χ2v) is 6.59. The average Bonchev–Trinajstić information content (AvgIpc) is 3.01. The Balaban J connectivity index is 1.31. The van der Waals surface area contributed by atoms with Crippen LogP contribution in [0.25, 0.3) is 0 Å². The van der Waals surface area contributed by atoms with E-state index in [1.807, 2.05) is 6.07 Å². The number of hydrogen-bond acceptors (Lipinski definition) is 5. The molecular formula is C17H24N6. The van der Waals surface area contributed by atoms with Crippen LogP contribution in [0.4, 0.5) is 5.82 Å². The summed E-state index contributed by atoms with van der Waals surface area (Å²) < 4.78 is 2.21. The van der Waals surface area contributed by atoms with Crippen molar-refractivity contribution < 1.29 is 0 Å². The molecule has 2 aliphatic heterocycles. The van der Waals surface area contributed by atoms with Crippen LogP contribution in [0.15, 0.2) is 24.8 Å². The van der Waals surface area contributed by atoms with Crippen molar-refractivity contribution in [2.75, 3.05) is 18.4 Å². The van der Waals surface area contributed by atoms with Crippen LogP contribution in [0.3, 0.4) is 0 Å². The summed E-state index contributed by atoms with van der Waals surface area (Å²) in [5.74, 6) is 0.934. The molecule has 0 saturated carbocycles. The third kappa shape index (κ3) is 3.37. The fraction of sp³-hybridized carbons (Fsp3) is 0.588. The molecule has 0 radical (unpaired) electrons. The topological polar surface area (TPSA) is 58.9 Å². The van der Waals surface area contributed by atoms with Crippen molar-refractivity contribution in [2.45, 2.75) is 51.2 Å². The minimum atomic E-state index is 0.516. The quantitative estimate of drug-likeness (QED) is 0.937. The zero-order valence-corrected chi connectivity index (χ0v) is 13.5. The van der Waals surface area contributed by atoms with Gasteiger partial charge in [0, 0.05) is 49.7 Å². The Bertz CT molecular complexity index is 630. The molecule has 1 N–H and O–H groups in total. The summed E-state index contributed by atoms with van der Waals surface area (Å²) in [5.41, 5.74) is 2.91. The molecule has 0 bridgehead atoms. The number of piperidine rings is 1. The van der Waals surface area contributed by atoms with Crippen LogP contribution in [0.1, 0.15) is 36.9 Å². The number of aromatic nitrogens is 4. The third-order valence-electron chi connectivity index (χ3n) is 4.98. The van der Waals surface area contributed by atoms with E-state index in [9.17, 15) is 0 Å². The monoisotopic (exact) mass is 312 g/mol. The van der Waals surface area contributed by atoms with E-state index in [1.54, 1.807) is 12.5 Å². The number of hydrogen-bond donors (Lipinski definition) is 1. The Morgan fingerprint density at radius 3 is 2.91 bits per heavy atom. The highest BCUT2D eigenvalue weighted by Gasteiger charge is 2.22. The largest absolute Gasteiger partial charge is 0.367 e. The molecule has 1 saturated heterocycles. The van der Waals surface area contributed by atoms with E-state index >= 15 is 0 Å². The van der Waals surface area contributed by atoms with Crippen LogP contribution in [0, 0.1) is 0 Å². The number of anilines is 1. The maximum atomic E-state index is 4.56. The van der Waals surface area contributed by atoms with Crippen molar-refractivity contribution in [1.82, 2.24) is 24.6 Å². The van der Waals surface area contributed by atoms with Crippen LogP contribution in [0.5, 0.6) is 0 Å². The number of nitrogens with zero attached hydrogens (tertiary/aromatic N) is 5. The first kappa shape index (κ1) is 14.6. The maximum absolute atomic E-state index is 4.56. The Labute approximate surface area is 136 Å². The van der Waals surface area contributed by atoms with Gasteiger partial charge in [0.05, 0.1) is 6.20 Å². The first-order chi connectivity index (χ1) is 11.4. The van der Waals surface area contributed by atoms with Crippen LogP contribution < -0.4 is 5.32 Å². The molecule has 0 unspecified atom stereocenters. The van der Waals surface area contributed by atoms with E-state index in [0.717, 1.165) is 44.8 Å². The third-order valence-corrected chi connectivity index (χ3v) is 4.98. The molecule has 4 rings (SSSR count). The van der Waals surface area contributed by atoms with E-state index in [4.69, 9.17) is 0 Å². The van der Waals surface area contributed by atoms with Gasteiger partial charge in [0.15, 0.2) is 0 Å². The lowest BCUT2D eigenvalue weighted by atomic mass is 10.0. The summed E-state index contributed by atoms with van der Waals surface area (Å²) in [4.78, 5) is 10.8. The van der Waals surface area contributed by atoms with E-state index in [1.165, 1.54) is 30.5 Å². The van der Waals surface area contributed by atoms with Crippen LogP contribution in [-0.4, -0.2) is 43.8 Å². The normalized spacial score (nSPS) is 19.5. The molecule has 2 aliphatic rings. The smallest absolute Gasteiger partial charge is 0.129 e. The number of aryl methyl sites for hydroxylation is 1. The predicted molar refractivity (Wildman–Crippen MR) is 89.1 cm³/mol. The Morgan fingerprint density at radius 1 is 1.17 bits per heavy atom. The lowest BCUT2D eigenvalue weighted by Crippen LogP contribution is -2.39. The van der Waals surface area contributed by atoms with Gasteiger partial charge in [-0.15, -0.1) is 0 Å². The molecule has 6 nitrogen and oxygen atoms in total. The Hall–Kier alpha value is -1.95. The molecule has 122 valence electrons. The fourth-order valence-electron chi connectivity index (χ4n) is 3.68. The standard InChI is InChI=1S/C17H24N6/c1-2-8-23-16(3-1)14(11-20-23)12-22-9-5-15(6-10-22)21-17-4-7-18-13-19-17/h4,7,11,13,15H,1-3,5-6,8-10,12H2,(H,18,19,21). The maximum Gasteiger partial charge on any atom is 0.129 e. The van der Waals surface area contributed by atoms with Crippen molar-refractivity contribution in [1.29, 1.82) is 0 Å². The van der Waals surface area contributed by atoms with Gasteiger partial charge in [-0.1, -0.05) is 0 Å². The molecule has 2 aromatic rings. The van der Waals surface area contributed by atoms with Crippen LogP contribution >= 0.6 is 0 Å². The van der Waals surface area contributed by atoms with Gasteiger partial charge in [-0.25, -0.2) is 9.97 Å². The zero-order valence-electron chi connectivity index (χ0n) is 13.5. The summed E-state index contributed by atoms with van der Waals surface area (Å²) in [7, 11) is 0. The van der Waals surface area contributed by atoms with E-state index in [-0.39, 0.29) is 0 Å². The zero-order chi connectivity index (χ0) is 15.5. The number of nitrogens with one attached hydrogen (secondary N) is 1. The highest BCUT2D eigenvalue weighted by Crippen LogP contribution is 2.22. The van der Waals surface area contributed by atoms with Crippen LogP contribution in [0.2, 0.25) is 0 Å². The van der Waals surface area contributed by atoms with Gasteiger partial charge < -0.3 is 5.32 Å². The van der Waals surface area contributed by atoms with Crippen molar-refractivity contribution in [3.8, 4) is 0 Å². The summed E-state index contributed by atoms with van der Waals surface area (Å²) in [6.07, 6.45) is 11.6. The molecule has 0 amide bonds. The lowest BCUT2D eigenvalue weighted by molar-refractivity contribution is 0.210. The van der Waals surface area contributed by atoms with Crippen LogP contribution in [-0.2, 0) is 19.5 Å². The van der Waals surface area contributed by atoms with Gasteiger partial charge in [0.2, 0.25) is 0 Å². The first-order valence-electron chi connectivity index (χ1n) is 8.67. The molecule has 1 fully saturated rings. The van der Waals surface area contributed by atoms with E-state index in [2.05, 4.69) is 36.2 Å². The highest BCUT2D eigenvalue weighted by atomic mass is 15.3. The predicted octanol–water partition coefficient (Wildman–Crippen LogP) is 2.09.